The van der Waals surface area contributed by atoms with Gasteiger partial charge in [0.05, 0.1) is 0 Å². The lowest BCUT2D eigenvalue weighted by atomic mass is 9.81. The number of ether oxygens (including phenoxy) is 1. The van der Waals surface area contributed by atoms with Gasteiger partial charge in [0.15, 0.2) is 0 Å². The molecule has 0 spiro atoms. The van der Waals surface area contributed by atoms with E-state index in [1.165, 1.54) is 0 Å². The summed E-state index contributed by atoms with van der Waals surface area (Å²) < 4.78 is 5.25. The third-order valence-corrected chi connectivity index (χ3v) is 2.79. The van der Waals surface area contributed by atoms with Crippen LogP contribution < -0.4 is 4.74 Å². The first-order valence-electron chi connectivity index (χ1n) is 4.90. The van der Waals surface area contributed by atoms with Gasteiger partial charge < -0.3 is 4.74 Å². The Labute approximate surface area is 83.9 Å². The van der Waals surface area contributed by atoms with Crippen LogP contribution in [0, 0.1) is 0 Å². The number of fused-ring (bicyclic) bond motifs is 1. The smallest absolute Gasteiger partial charge is 0.311 e. The topological polar surface area (TPSA) is 26.3 Å². The maximum atomic E-state index is 11.3. The molecule has 1 aromatic carbocycles. The summed E-state index contributed by atoms with van der Waals surface area (Å²) in [6.45, 7) is 4.29. The lowest BCUT2D eigenvalue weighted by molar-refractivity contribution is -0.134. The molecule has 0 saturated carbocycles. The van der Waals surface area contributed by atoms with Crippen molar-refractivity contribution < 1.29 is 9.53 Å². The van der Waals surface area contributed by atoms with Crippen molar-refractivity contribution in [1.29, 1.82) is 0 Å². The average molecular weight is 190 g/mol. The van der Waals surface area contributed by atoms with Crippen LogP contribution in [0.3, 0.4) is 0 Å². The molecule has 0 atom stereocenters. The minimum atomic E-state index is -0.122. The molecule has 14 heavy (non-hydrogen) atoms. The molecule has 0 aromatic heterocycles. The molecule has 1 aromatic rings. The summed E-state index contributed by atoms with van der Waals surface area (Å²) in [6.07, 6.45) is 1.35. The first kappa shape index (κ1) is 9.25. The predicted octanol–water partition coefficient (Wildman–Crippen LogP) is 2.66. The van der Waals surface area contributed by atoms with E-state index >= 15 is 0 Å². The Hall–Kier alpha value is -1.31. The molecule has 0 bridgehead atoms. The Bertz CT molecular complexity index is 366. The van der Waals surface area contributed by atoms with E-state index in [-0.39, 0.29) is 11.4 Å². The molecule has 2 rings (SSSR count). The SMILES string of the molecule is CC1(C)CCC(=O)Oc2ccccc21. The zero-order chi connectivity index (χ0) is 10.2. The van der Waals surface area contributed by atoms with E-state index in [2.05, 4.69) is 13.8 Å². The summed E-state index contributed by atoms with van der Waals surface area (Å²) in [5, 5.41) is 0. The molecule has 1 aliphatic rings. The summed E-state index contributed by atoms with van der Waals surface area (Å²) in [7, 11) is 0. The van der Waals surface area contributed by atoms with Crippen LogP contribution in [-0.2, 0) is 10.2 Å². The van der Waals surface area contributed by atoms with Crippen LogP contribution in [0.1, 0.15) is 32.3 Å². The lowest BCUT2D eigenvalue weighted by Crippen LogP contribution is -2.15. The maximum absolute atomic E-state index is 11.3. The highest BCUT2D eigenvalue weighted by Gasteiger charge is 2.29. The zero-order valence-corrected chi connectivity index (χ0v) is 8.54. The second-order valence-corrected chi connectivity index (χ2v) is 4.35. The molecule has 2 heteroatoms. The van der Waals surface area contributed by atoms with Crippen molar-refractivity contribution in [3.63, 3.8) is 0 Å². The Balaban J connectivity index is 2.52. The van der Waals surface area contributed by atoms with Gasteiger partial charge in [0.2, 0.25) is 0 Å². The lowest BCUT2D eigenvalue weighted by Gasteiger charge is -2.23. The van der Waals surface area contributed by atoms with E-state index in [1.807, 2.05) is 24.3 Å². The van der Waals surface area contributed by atoms with Crippen molar-refractivity contribution in [2.24, 2.45) is 0 Å². The van der Waals surface area contributed by atoms with Gasteiger partial charge in [-0.15, -0.1) is 0 Å². The molecule has 0 amide bonds. The summed E-state index contributed by atoms with van der Waals surface area (Å²) >= 11 is 0. The number of carbonyl (C=O) groups is 1. The third kappa shape index (κ3) is 1.52. The molecule has 0 saturated heterocycles. The molecule has 0 unspecified atom stereocenters. The van der Waals surface area contributed by atoms with E-state index in [9.17, 15) is 4.79 Å². The molecule has 1 heterocycles. The molecule has 0 aliphatic carbocycles. The molecule has 0 N–H and O–H groups in total. The molecule has 74 valence electrons. The summed E-state index contributed by atoms with van der Waals surface area (Å²) in [5.41, 5.74) is 1.16. The van der Waals surface area contributed by atoms with Crippen molar-refractivity contribution in [3.05, 3.63) is 29.8 Å². The van der Waals surface area contributed by atoms with Gasteiger partial charge in [-0.2, -0.15) is 0 Å². The van der Waals surface area contributed by atoms with Crippen LogP contribution >= 0.6 is 0 Å². The van der Waals surface area contributed by atoms with Crippen LogP contribution in [-0.4, -0.2) is 5.97 Å². The van der Waals surface area contributed by atoms with Gasteiger partial charge in [-0.25, -0.2) is 0 Å². The molecule has 0 radical (unpaired) electrons. The van der Waals surface area contributed by atoms with Crippen LogP contribution in [0.15, 0.2) is 24.3 Å². The van der Waals surface area contributed by atoms with E-state index < -0.39 is 0 Å². The van der Waals surface area contributed by atoms with Gasteiger partial charge >= 0.3 is 5.97 Å². The Kier molecular flexibility index (Phi) is 2.06. The van der Waals surface area contributed by atoms with Crippen LogP contribution in [0.2, 0.25) is 0 Å². The molecule has 0 fully saturated rings. The van der Waals surface area contributed by atoms with Gasteiger partial charge in [-0.1, -0.05) is 32.0 Å². The van der Waals surface area contributed by atoms with Crippen LogP contribution in [0.25, 0.3) is 0 Å². The average Bonchev–Trinajstić information content (AvgIpc) is 2.25. The van der Waals surface area contributed by atoms with Gasteiger partial charge in [-0.3, -0.25) is 4.79 Å². The second kappa shape index (κ2) is 3.12. The monoisotopic (exact) mass is 190 g/mol. The molecular weight excluding hydrogens is 176 g/mol. The maximum Gasteiger partial charge on any atom is 0.311 e. The standard InChI is InChI=1S/C12H14O2/c1-12(2)8-7-11(13)14-10-6-4-3-5-9(10)12/h3-6H,7-8H2,1-2H3. The van der Waals surface area contributed by atoms with E-state index in [1.54, 1.807) is 0 Å². The van der Waals surface area contributed by atoms with E-state index in [4.69, 9.17) is 4.74 Å². The number of rotatable bonds is 0. The number of benzene rings is 1. The predicted molar refractivity (Wildman–Crippen MR) is 54.3 cm³/mol. The summed E-state index contributed by atoms with van der Waals surface area (Å²) in [5.74, 6) is 0.600. The number of para-hydroxylation sites is 1. The fourth-order valence-electron chi connectivity index (χ4n) is 1.84. The summed E-state index contributed by atoms with van der Waals surface area (Å²) in [6, 6.07) is 7.78. The van der Waals surface area contributed by atoms with Crippen LogP contribution in [0.4, 0.5) is 0 Å². The highest BCUT2D eigenvalue weighted by molar-refractivity contribution is 5.74. The molecular formula is C12H14O2. The highest BCUT2D eigenvalue weighted by atomic mass is 16.5. The number of hydrogen-bond donors (Lipinski definition) is 0. The fourth-order valence-corrected chi connectivity index (χ4v) is 1.84. The first-order valence-corrected chi connectivity index (χ1v) is 4.90. The van der Waals surface area contributed by atoms with Gasteiger partial charge in [-0.05, 0) is 17.9 Å². The quantitative estimate of drug-likeness (QED) is 0.464. The number of hydrogen-bond acceptors (Lipinski definition) is 2. The Morgan fingerprint density at radius 3 is 2.79 bits per heavy atom. The third-order valence-electron chi connectivity index (χ3n) is 2.79. The van der Waals surface area contributed by atoms with E-state index in [0.29, 0.717) is 6.42 Å². The Morgan fingerprint density at radius 2 is 2.00 bits per heavy atom. The minimum absolute atomic E-state index is 0.0305. The van der Waals surface area contributed by atoms with Gasteiger partial charge in [0.1, 0.15) is 5.75 Å². The minimum Gasteiger partial charge on any atom is -0.426 e. The molecule has 2 nitrogen and oxygen atoms in total. The Morgan fingerprint density at radius 1 is 1.29 bits per heavy atom. The molecule has 1 aliphatic heterocycles. The van der Waals surface area contributed by atoms with Gasteiger partial charge in [0.25, 0.3) is 0 Å². The zero-order valence-electron chi connectivity index (χ0n) is 8.54. The summed E-state index contributed by atoms with van der Waals surface area (Å²) in [4.78, 5) is 11.3. The van der Waals surface area contributed by atoms with Crippen molar-refractivity contribution in [1.82, 2.24) is 0 Å². The van der Waals surface area contributed by atoms with Crippen molar-refractivity contribution in [3.8, 4) is 5.75 Å². The van der Waals surface area contributed by atoms with Crippen LogP contribution in [0.5, 0.6) is 5.75 Å². The number of esters is 1. The second-order valence-electron chi connectivity index (χ2n) is 4.35. The van der Waals surface area contributed by atoms with E-state index in [0.717, 1.165) is 17.7 Å². The highest BCUT2D eigenvalue weighted by Crippen LogP contribution is 2.37. The van der Waals surface area contributed by atoms with Crippen molar-refractivity contribution in [2.45, 2.75) is 32.1 Å². The van der Waals surface area contributed by atoms with Crippen molar-refractivity contribution in [2.75, 3.05) is 0 Å². The normalized spacial score (nSPS) is 19.4. The first-order chi connectivity index (χ1) is 6.59. The number of carbonyl (C=O) groups excluding carboxylic acids is 1. The van der Waals surface area contributed by atoms with Crippen molar-refractivity contribution >= 4 is 5.97 Å². The van der Waals surface area contributed by atoms with Gasteiger partial charge in [0, 0.05) is 12.0 Å². The largest absolute Gasteiger partial charge is 0.426 e. The fraction of sp³-hybridized carbons (Fsp3) is 0.417.